The number of nitrogens with zero attached hydrogens (tertiary/aromatic N) is 2. The van der Waals surface area contributed by atoms with Crippen LogP contribution in [0.15, 0.2) is 54.6 Å². The zero-order chi connectivity index (χ0) is 12.4. The summed E-state index contributed by atoms with van der Waals surface area (Å²) in [6, 6.07) is 18.8. The van der Waals surface area contributed by atoms with E-state index < -0.39 is 0 Å². The van der Waals surface area contributed by atoms with Crippen LogP contribution in [-0.2, 0) is 6.42 Å². The van der Waals surface area contributed by atoms with E-state index in [1.165, 1.54) is 33.3 Å². The van der Waals surface area contributed by atoms with Crippen molar-refractivity contribution in [1.82, 2.24) is 0 Å². The lowest BCUT2D eigenvalue weighted by Crippen LogP contribution is -1.91. The second-order valence-corrected chi connectivity index (χ2v) is 4.30. The van der Waals surface area contributed by atoms with Crippen LogP contribution in [0.4, 0.5) is 0 Å². The highest BCUT2D eigenvalue weighted by atomic mass is 14.8. The average molecular weight is 232 g/mol. The van der Waals surface area contributed by atoms with Crippen LogP contribution in [0.1, 0.15) is 5.56 Å². The molecule has 0 aliphatic carbocycles. The average Bonchev–Trinajstić information content (AvgIpc) is 2.43. The summed E-state index contributed by atoms with van der Waals surface area (Å²) in [6.07, 6.45) is 2.17. The SMILES string of the molecule is [N-]=[N+]=CCc1c2ccccc2cc2ccccc12. The topological polar surface area (TPSA) is 36.4 Å². The molecule has 0 amide bonds. The van der Waals surface area contributed by atoms with Crippen LogP contribution in [0.5, 0.6) is 0 Å². The molecule has 3 aromatic carbocycles. The Morgan fingerprint density at radius 3 is 2.00 bits per heavy atom. The molecule has 2 heteroatoms. The van der Waals surface area contributed by atoms with Gasteiger partial charge in [-0.25, -0.2) is 0 Å². The number of rotatable bonds is 2. The Hall–Kier alpha value is -2.44. The lowest BCUT2D eigenvalue weighted by Gasteiger charge is -2.08. The summed E-state index contributed by atoms with van der Waals surface area (Å²) in [7, 11) is 0. The van der Waals surface area contributed by atoms with E-state index in [0.717, 1.165) is 0 Å². The Morgan fingerprint density at radius 1 is 0.889 bits per heavy atom. The second kappa shape index (κ2) is 4.44. The van der Waals surface area contributed by atoms with Crippen LogP contribution in [-0.4, -0.2) is 11.0 Å². The summed E-state index contributed by atoms with van der Waals surface area (Å²) >= 11 is 0. The van der Waals surface area contributed by atoms with E-state index in [2.05, 4.69) is 35.1 Å². The monoisotopic (exact) mass is 232 g/mol. The van der Waals surface area contributed by atoms with Crippen LogP contribution in [0, 0.1) is 0 Å². The third-order valence-corrected chi connectivity index (χ3v) is 3.26. The van der Waals surface area contributed by atoms with Crippen LogP contribution >= 0.6 is 0 Å². The Balaban J connectivity index is 2.45. The van der Waals surface area contributed by atoms with E-state index in [4.69, 9.17) is 5.53 Å². The van der Waals surface area contributed by atoms with Gasteiger partial charge in [-0.15, -0.1) is 0 Å². The van der Waals surface area contributed by atoms with Crippen LogP contribution in [0.3, 0.4) is 0 Å². The van der Waals surface area contributed by atoms with Crippen molar-refractivity contribution < 1.29 is 4.79 Å². The van der Waals surface area contributed by atoms with Gasteiger partial charge in [0.05, 0.1) is 6.42 Å². The Labute approximate surface area is 105 Å². The van der Waals surface area contributed by atoms with Gasteiger partial charge in [0.15, 0.2) is 0 Å². The molecule has 86 valence electrons. The standard InChI is InChI=1S/C16H12N2/c17-18-10-9-16-14-7-3-1-5-12(14)11-13-6-2-4-8-15(13)16/h1-8,10-11H,9H2. The number of hydrogen-bond acceptors (Lipinski definition) is 0. The molecule has 2 nitrogen and oxygen atoms in total. The van der Waals surface area contributed by atoms with Gasteiger partial charge in [0.1, 0.15) is 0 Å². The maximum Gasteiger partial charge on any atom is 0.261 e. The molecule has 0 saturated heterocycles. The molecular formula is C16H12N2. The number of hydrogen-bond donors (Lipinski definition) is 0. The van der Waals surface area contributed by atoms with E-state index in [-0.39, 0.29) is 0 Å². The van der Waals surface area contributed by atoms with Crippen molar-refractivity contribution in [2.45, 2.75) is 6.42 Å². The predicted octanol–water partition coefficient (Wildman–Crippen LogP) is 3.84. The normalized spacial score (nSPS) is 10.4. The van der Waals surface area contributed by atoms with Crippen molar-refractivity contribution in [2.75, 3.05) is 0 Å². The van der Waals surface area contributed by atoms with Gasteiger partial charge in [-0.2, -0.15) is 4.79 Å². The van der Waals surface area contributed by atoms with E-state index >= 15 is 0 Å². The molecule has 0 fully saturated rings. The first-order valence-electron chi connectivity index (χ1n) is 5.95. The summed E-state index contributed by atoms with van der Waals surface area (Å²) < 4.78 is 0. The fraction of sp³-hybridized carbons (Fsp3) is 0.0625. The molecule has 0 atom stereocenters. The Kier molecular flexibility index (Phi) is 2.64. The molecule has 0 saturated carbocycles. The lowest BCUT2D eigenvalue weighted by atomic mass is 9.95. The van der Waals surface area contributed by atoms with E-state index in [0.29, 0.717) is 6.42 Å². The molecule has 0 unspecified atom stereocenters. The van der Waals surface area contributed by atoms with Gasteiger partial charge in [0, 0.05) is 0 Å². The van der Waals surface area contributed by atoms with Gasteiger partial charge in [-0.1, -0.05) is 48.5 Å². The van der Waals surface area contributed by atoms with Crippen molar-refractivity contribution in [3.8, 4) is 0 Å². The summed E-state index contributed by atoms with van der Waals surface area (Å²) in [5.41, 5.74) is 9.85. The third-order valence-electron chi connectivity index (χ3n) is 3.26. The summed E-state index contributed by atoms with van der Waals surface area (Å²) in [5.74, 6) is 0. The first-order chi connectivity index (χ1) is 8.90. The Bertz CT molecular complexity index is 714. The quantitative estimate of drug-likeness (QED) is 0.278. The van der Waals surface area contributed by atoms with Crippen LogP contribution in [0.25, 0.3) is 27.1 Å². The third kappa shape index (κ3) is 1.69. The largest absolute Gasteiger partial charge is 0.362 e. The van der Waals surface area contributed by atoms with Gasteiger partial charge < -0.3 is 5.53 Å². The number of benzene rings is 3. The zero-order valence-corrected chi connectivity index (χ0v) is 9.88. The highest BCUT2D eigenvalue weighted by Gasteiger charge is 2.07. The molecule has 18 heavy (non-hydrogen) atoms. The van der Waals surface area contributed by atoms with Crippen molar-refractivity contribution in [3.63, 3.8) is 0 Å². The van der Waals surface area contributed by atoms with Crippen LogP contribution < -0.4 is 0 Å². The van der Waals surface area contributed by atoms with Crippen LogP contribution in [0.2, 0.25) is 0 Å². The minimum absolute atomic E-state index is 0.637. The molecule has 3 rings (SSSR count). The molecule has 0 heterocycles. The van der Waals surface area contributed by atoms with Gasteiger partial charge >= 0.3 is 0 Å². The minimum Gasteiger partial charge on any atom is -0.362 e. The molecule has 0 spiro atoms. The Morgan fingerprint density at radius 2 is 1.44 bits per heavy atom. The molecule has 0 N–H and O–H groups in total. The first kappa shape index (κ1) is 10.7. The van der Waals surface area contributed by atoms with Gasteiger partial charge in [0.25, 0.3) is 6.21 Å². The molecule has 0 aliphatic heterocycles. The molecule has 0 radical (unpaired) electrons. The predicted molar refractivity (Wildman–Crippen MR) is 74.8 cm³/mol. The minimum atomic E-state index is 0.637. The summed E-state index contributed by atoms with van der Waals surface area (Å²) in [6.45, 7) is 0. The van der Waals surface area contributed by atoms with Crippen molar-refractivity contribution >= 4 is 27.8 Å². The zero-order valence-electron chi connectivity index (χ0n) is 9.88. The van der Waals surface area contributed by atoms with Crippen molar-refractivity contribution in [2.24, 2.45) is 0 Å². The highest BCUT2D eigenvalue weighted by molar-refractivity contribution is 6.03. The summed E-state index contributed by atoms with van der Waals surface area (Å²) in [4.78, 5) is 3.12. The van der Waals surface area contributed by atoms with E-state index in [1.807, 2.05) is 24.3 Å². The molecule has 0 aromatic heterocycles. The van der Waals surface area contributed by atoms with Gasteiger partial charge in [-0.3, -0.25) is 0 Å². The van der Waals surface area contributed by atoms with Crippen molar-refractivity contribution in [3.05, 3.63) is 65.7 Å². The highest BCUT2D eigenvalue weighted by Crippen LogP contribution is 2.28. The smallest absolute Gasteiger partial charge is 0.261 e. The van der Waals surface area contributed by atoms with Crippen molar-refractivity contribution in [1.29, 1.82) is 0 Å². The maximum absolute atomic E-state index is 8.64. The second-order valence-electron chi connectivity index (χ2n) is 4.30. The molecule has 3 aromatic rings. The molecular weight excluding hydrogens is 220 g/mol. The van der Waals surface area contributed by atoms with Gasteiger partial charge in [0.2, 0.25) is 0 Å². The maximum atomic E-state index is 8.64. The first-order valence-corrected chi connectivity index (χ1v) is 5.95. The number of fused-ring (bicyclic) bond motifs is 2. The van der Waals surface area contributed by atoms with Gasteiger partial charge in [-0.05, 0) is 33.2 Å². The summed E-state index contributed by atoms with van der Waals surface area (Å²) in [5, 5.41) is 4.88. The molecule has 0 bridgehead atoms. The lowest BCUT2D eigenvalue weighted by molar-refractivity contribution is 0.00162. The fourth-order valence-corrected chi connectivity index (χ4v) is 2.46. The fourth-order valence-electron chi connectivity index (χ4n) is 2.46. The van der Waals surface area contributed by atoms with E-state index in [9.17, 15) is 0 Å². The van der Waals surface area contributed by atoms with E-state index in [1.54, 1.807) is 0 Å². The molecule has 0 aliphatic rings.